The standard InChI is InChI=1S/C18H19F2N3O3S/c1-23(2)14-7-5-4-6-11(14)10-27(24)18-21-12-8-15(25-3)16(26-17(19)20)9-13(12)22-18/h4-9,17H,10H2,1-3H3,(H,21,22). The van der Waals surface area contributed by atoms with Crippen molar-refractivity contribution < 1.29 is 22.5 Å². The molecule has 27 heavy (non-hydrogen) atoms. The molecule has 1 N–H and O–H groups in total. The van der Waals surface area contributed by atoms with Crippen LogP contribution in [0.15, 0.2) is 41.6 Å². The number of ether oxygens (including phenoxy) is 2. The number of imidazole rings is 1. The first-order valence-electron chi connectivity index (χ1n) is 8.05. The molecule has 2 aromatic carbocycles. The molecule has 9 heteroatoms. The van der Waals surface area contributed by atoms with E-state index >= 15 is 0 Å². The summed E-state index contributed by atoms with van der Waals surface area (Å²) in [7, 11) is 3.74. The Morgan fingerprint density at radius 3 is 2.63 bits per heavy atom. The summed E-state index contributed by atoms with van der Waals surface area (Å²) in [6.45, 7) is -2.98. The number of methoxy groups -OCH3 is 1. The highest BCUT2D eigenvalue weighted by Crippen LogP contribution is 2.33. The van der Waals surface area contributed by atoms with Gasteiger partial charge in [0.1, 0.15) is 0 Å². The lowest BCUT2D eigenvalue weighted by Gasteiger charge is -2.16. The fourth-order valence-corrected chi connectivity index (χ4v) is 3.82. The van der Waals surface area contributed by atoms with Gasteiger partial charge in [0.25, 0.3) is 0 Å². The van der Waals surface area contributed by atoms with Gasteiger partial charge in [0.15, 0.2) is 16.7 Å². The van der Waals surface area contributed by atoms with Crippen LogP contribution in [-0.2, 0) is 16.6 Å². The summed E-state index contributed by atoms with van der Waals surface area (Å²) >= 11 is 0. The van der Waals surface area contributed by atoms with Gasteiger partial charge in [0.05, 0.1) is 34.7 Å². The maximum atomic E-state index is 12.8. The van der Waals surface area contributed by atoms with Crippen LogP contribution >= 0.6 is 0 Å². The molecule has 0 fully saturated rings. The summed E-state index contributed by atoms with van der Waals surface area (Å²) in [6.07, 6.45) is 0. The Hall–Kier alpha value is -2.68. The van der Waals surface area contributed by atoms with Crippen molar-refractivity contribution in [1.82, 2.24) is 9.97 Å². The van der Waals surface area contributed by atoms with Crippen LogP contribution in [-0.4, -0.2) is 42.0 Å². The molecular weight excluding hydrogens is 376 g/mol. The van der Waals surface area contributed by atoms with Crippen molar-refractivity contribution in [3.63, 3.8) is 0 Å². The zero-order chi connectivity index (χ0) is 19.6. The molecule has 0 bridgehead atoms. The Kier molecular flexibility index (Phi) is 5.59. The van der Waals surface area contributed by atoms with Gasteiger partial charge in [-0.15, -0.1) is 0 Å². The van der Waals surface area contributed by atoms with Crippen LogP contribution in [0, 0.1) is 0 Å². The highest BCUT2D eigenvalue weighted by molar-refractivity contribution is 7.84. The van der Waals surface area contributed by atoms with Gasteiger partial charge in [-0.05, 0) is 11.6 Å². The van der Waals surface area contributed by atoms with Crippen LogP contribution in [0.2, 0.25) is 0 Å². The third-order valence-electron chi connectivity index (χ3n) is 3.94. The van der Waals surface area contributed by atoms with Crippen LogP contribution in [0.4, 0.5) is 14.5 Å². The van der Waals surface area contributed by atoms with E-state index in [0.29, 0.717) is 11.0 Å². The summed E-state index contributed by atoms with van der Waals surface area (Å²) in [4.78, 5) is 9.19. The third kappa shape index (κ3) is 4.19. The van der Waals surface area contributed by atoms with E-state index in [9.17, 15) is 13.0 Å². The van der Waals surface area contributed by atoms with E-state index in [1.807, 2.05) is 43.3 Å². The maximum absolute atomic E-state index is 12.8. The average Bonchev–Trinajstić information content (AvgIpc) is 3.03. The third-order valence-corrected chi connectivity index (χ3v) is 5.14. The van der Waals surface area contributed by atoms with Crippen molar-refractivity contribution in [2.24, 2.45) is 0 Å². The number of nitrogens with one attached hydrogen (secondary N) is 1. The molecule has 1 unspecified atom stereocenters. The van der Waals surface area contributed by atoms with Crippen molar-refractivity contribution in [2.45, 2.75) is 17.5 Å². The first-order chi connectivity index (χ1) is 12.9. The SMILES string of the molecule is COc1cc2nc(S(=O)Cc3ccccc3N(C)C)[nH]c2cc1OC(F)F. The fraction of sp³-hybridized carbons (Fsp3) is 0.278. The van der Waals surface area contributed by atoms with Gasteiger partial charge in [-0.25, -0.2) is 4.98 Å². The van der Waals surface area contributed by atoms with Crippen LogP contribution in [0.3, 0.4) is 0 Å². The second-order valence-electron chi connectivity index (χ2n) is 5.95. The molecule has 0 aliphatic rings. The molecule has 0 saturated heterocycles. The van der Waals surface area contributed by atoms with Crippen LogP contribution in [0.5, 0.6) is 11.5 Å². The number of aromatic amines is 1. The van der Waals surface area contributed by atoms with Gasteiger partial charge in [-0.1, -0.05) is 18.2 Å². The van der Waals surface area contributed by atoms with Gasteiger partial charge in [0.2, 0.25) is 0 Å². The zero-order valence-electron chi connectivity index (χ0n) is 15.0. The topological polar surface area (TPSA) is 67.5 Å². The predicted octanol–water partition coefficient (Wildman–Crippen LogP) is 3.55. The van der Waals surface area contributed by atoms with Gasteiger partial charge in [0, 0.05) is 31.9 Å². The van der Waals surface area contributed by atoms with E-state index in [-0.39, 0.29) is 22.4 Å². The van der Waals surface area contributed by atoms with Gasteiger partial charge in [-0.2, -0.15) is 8.78 Å². The molecule has 3 aromatic rings. The van der Waals surface area contributed by atoms with Crippen molar-refractivity contribution in [1.29, 1.82) is 0 Å². The number of halogens is 2. The van der Waals surface area contributed by atoms with Crippen LogP contribution < -0.4 is 14.4 Å². The monoisotopic (exact) mass is 395 g/mol. The Labute approximate surface area is 157 Å². The summed E-state index contributed by atoms with van der Waals surface area (Å²) < 4.78 is 47.4. The number of hydrogen-bond acceptors (Lipinski definition) is 5. The van der Waals surface area contributed by atoms with E-state index in [1.54, 1.807) is 0 Å². The van der Waals surface area contributed by atoms with Crippen molar-refractivity contribution in [3.05, 3.63) is 42.0 Å². The maximum Gasteiger partial charge on any atom is 0.387 e. The Morgan fingerprint density at radius 2 is 1.96 bits per heavy atom. The summed E-state index contributed by atoms with van der Waals surface area (Å²) in [5, 5.41) is 0.259. The number of hydrogen-bond donors (Lipinski definition) is 1. The minimum atomic E-state index is -2.98. The highest BCUT2D eigenvalue weighted by Gasteiger charge is 2.17. The van der Waals surface area contributed by atoms with E-state index in [2.05, 4.69) is 14.7 Å². The number of aromatic nitrogens is 2. The highest BCUT2D eigenvalue weighted by atomic mass is 32.2. The second-order valence-corrected chi connectivity index (χ2v) is 7.32. The summed E-state index contributed by atoms with van der Waals surface area (Å²) in [5.41, 5.74) is 2.78. The molecule has 0 aliphatic heterocycles. The van der Waals surface area contributed by atoms with Crippen molar-refractivity contribution >= 4 is 27.5 Å². The van der Waals surface area contributed by atoms with Gasteiger partial charge < -0.3 is 19.4 Å². The largest absolute Gasteiger partial charge is 0.493 e. The molecule has 0 radical (unpaired) electrons. The number of H-pyrrole nitrogens is 1. The Bertz CT molecular complexity index is 976. The molecule has 6 nitrogen and oxygen atoms in total. The minimum absolute atomic E-state index is 0.112. The molecule has 0 spiro atoms. The lowest BCUT2D eigenvalue weighted by molar-refractivity contribution is -0.0511. The van der Waals surface area contributed by atoms with E-state index in [4.69, 9.17) is 4.74 Å². The second kappa shape index (κ2) is 7.91. The fourth-order valence-electron chi connectivity index (χ4n) is 2.73. The molecule has 0 aliphatic carbocycles. The number of benzene rings is 2. The molecule has 144 valence electrons. The smallest absolute Gasteiger partial charge is 0.387 e. The molecule has 1 aromatic heterocycles. The first kappa shape index (κ1) is 19.1. The first-order valence-corrected chi connectivity index (χ1v) is 9.37. The van der Waals surface area contributed by atoms with Crippen LogP contribution in [0.25, 0.3) is 11.0 Å². The number of rotatable bonds is 7. The lowest BCUT2D eigenvalue weighted by atomic mass is 10.2. The number of anilines is 1. The van der Waals surface area contributed by atoms with E-state index < -0.39 is 17.4 Å². The minimum Gasteiger partial charge on any atom is -0.493 e. The van der Waals surface area contributed by atoms with E-state index in [1.165, 1.54) is 19.2 Å². The molecule has 3 rings (SSSR count). The average molecular weight is 395 g/mol. The number of fused-ring (bicyclic) bond motifs is 1. The molecule has 0 amide bonds. The predicted molar refractivity (Wildman–Crippen MR) is 100 cm³/mol. The Morgan fingerprint density at radius 1 is 1.22 bits per heavy atom. The van der Waals surface area contributed by atoms with E-state index in [0.717, 1.165) is 11.3 Å². The van der Waals surface area contributed by atoms with Gasteiger partial charge in [-0.3, -0.25) is 4.21 Å². The van der Waals surface area contributed by atoms with Crippen molar-refractivity contribution in [2.75, 3.05) is 26.1 Å². The van der Waals surface area contributed by atoms with Gasteiger partial charge >= 0.3 is 6.61 Å². The molecule has 1 atom stereocenters. The normalized spacial score (nSPS) is 12.4. The number of nitrogens with zero attached hydrogens (tertiary/aromatic N) is 2. The molecular formula is C18H19F2N3O3S. The number of para-hydroxylation sites is 1. The van der Waals surface area contributed by atoms with Crippen LogP contribution in [0.1, 0.15) is 5.56 Å². The summed E-state index contributed by atoms with van der Waals surface area (Å²) in [5.74, 6) is 0.287. The summed E-state index contributed by atoms with van der Waals surface area (Å²) in [6, 6.07) is 10.5. The molecule has 0 saturated carbocycles. The quantitative estimate of drug-likeness (QED) is 0.663. The molecule has 1 heterocycles. The van der Waals surface area contributed by atoms with Crippen molar-refractivity contribution in [3.8, 4) is 11.5 Å². The Balaban J connectivity index is 1.92. The zero-order valence-corrected chi connectivity index (χ0v) is 15.8. The lowest BCUT2D eigenvalue weighted by Crippen LogP contribution is -2.12. The number of alkyl halides is 2.